The molecule has 0 aromatic rings. The van der Waals surface area contributed by atoms with Crippen molar-refractivity contribution in [1.82, 2.24) is 5.32 Å². The van der Waals surface area contributed by atoms with Crippen LogP contribution in [0.15, 0.2) is 0 Å². The first-order chi connectivity index (χ1) is 9.77. The molecule has 1 amide bonds. The van der Waals surface area contributed by atoms with Gasteiger partial charge in [0.15, 0.2) is 0 Å². The monoisotopic (exact) mass is 324 g/mol. The molecule has 6 atom stereocenters. The van der Waals surface area contributed by atoms with E-state index in [0.717, 1.165) is 11.8 Å². The fourth-order valence-corrected chi connectivity index (χ4v) is 3.08. The number of aliphatic carboxylic acids is 1. The number of thioether (sulfide) groups is 1. The Labute approximate surface area is 125 Å². The van der Waals surface area contributed by atoms with E-state index < -0.39 is 54.3 Å². The van der Waals surface area contributed by atoms with Crippen molar-refractivity contribution in [3.05, 3.63) is 0 Å². The number of aliphatic hydroxyl groups is 3. The average molecular weight is 324 g/mol. The van der Waals surface area contributed by atoms with Gasteiger partial charge in [0.05, 0.1) is 12.6 Å². The van der Waals surface area contributed by atoms with E-state index in [1.54, 1.807) is 0 Å². The molecule has 0 radical (unpaired) electrons. The highest BCUT2D eigenvalue weighted by atomic mass is 32.2. The number of carbonyl (C=O) groups excluding carboxylic acids is 1. The zero-order valence-corrected chi connectivity index (χ0v) is 12.2. The van der Waals surface area contributed by atoms with Gasteiger partial charge in [-0.2, -0.15) is 0 Å². The number of carboxylic acid groups (broad SMARTS) is 1. The predicted molar refractivity (Wildman–Crippen MR) is 73.4 cm³/mol. The molecule has 0 aromatic carbocycles. The Bertz CT molecular complexity index is 384. The zero-order valence-electron chi connectivity index (χ0n) is 11.4. The van der Waals surface area contributed by atoms with Crippen molar-refractivity contribution < 1.29 is 34.8 Å². The molecule has 0 aliphatic carbocycles. The van der Waals surface area contributed by atoms with Gasteiger partial charge in [-0.3, -0.25) is 9.59 Å². The first-order valence-electron chi connectivity index (χ1n) is 6.27. The topological polar surface area (TPSA) is 162 Å². The highest BCUT2D eigenvalue weighted by Gasteiger charge is 2.45. The van der Waals surface area contributed by atoms with Crippen molar-refractivity contribution in [3.8, 4) is 0 Å². The quantitative estimate of drug-likeness (QED) is 0.300. The van der Waals surface area contributed by atoms with E-state index in [-0.39, 0.29) is 5.75 Å². The maximum absolute atomic E-state index is 11.2. The fraction of sp³-hybridized carbons (Fsp3) is 0.818. The molecule has 0 spiro atoms. The van der Waals surface area contributed by atoms with E-state index in [1.165, 1.54) is 6.92 Å². The molecule has 1 rings (SSSR count). The van der Waals surface area contributed by atoms with Gasteiger partial charge in [0, 0.05) is 12.7 Å². The van der Waals surface area contributed by atoms with Crippen LogP contribution in [0.3, 0.4) is 0 Å². The van der Waals surface area contributed by atoms with Gasteiger partial charge >= 0.3 is 5.97 Å². The molecule has 0 bridgehead atoms. The average Bonchev–Trinajstić information content (AvgIpc) is 2.42. The summed E-state index contributed by atoms with van der Waals surface area (Å²) < 4.78 is 5.40. The third-order valence-corrected chi connectivity index (χ3v) is 4.29. The summed E-state index contributed by atoms with van der Waals surface area (Å²) in [4.78, 5) is 21.9. The lowest BCUT2D eigenvalue weighted by Gasteiger charge is -2.42. The van der Waals surface area contributed by atoms with Crippen molar-refractivity contribution in [2.45, 2.75) is 42.8 Å². The molecule has 7 N–H and O–H groups in total. The Kier molecular flexibility index (Phi) is 6.84. The van der Waals surface area contributed by atoms with Crippen LogP contribution in [0.25, 0.3) is 0 Å². The van der Waals surface area contributed by atoms with E-state index in [1.807, 2.05) is 0 Å². The number of aliphatic hydroxyl groups excluding tert-OH is 3. The molecule has 0 aromatic heterocycles. The first kappa shape index (κ1) is 18.1. The van der Waals surface area contributed by atoms with Gasteiger partial charge in [-0.25, -0.2) is 0 Å². The predicted octanol–water partition coefficient (Wildman–Crippen LogP) is -2.92. The molecule has 10 heteroatoms. The Morgan fingerprint density at radius 2 is 2.00 bits per heavy atom. The SMILES string of the molecule is CC(=O)NC1C(SCC(N)C(=O)O)OC(CO)C(O)C1O. The Morgan fingerprint density at radius 3 is 2.48 bits per heavy atom. The largest absolute Gasteiger partial charge is 0.480 e. The number of hydrogen-bond donors (Lipinski definition) is 6. The van der Waals surface area contributed by atoms with Crippen LogP contribution in [-0.4, -0.2) is 80.5 Å². The Balaban J connectivity index is 2.78. The summed E-state index contributed by atoms with van der Waals surface area (Å²) in [5, 5.41) is 40.1. The summed E-state index contributed by atoms with van der Waals surface area (Å²) in [7, 11) is 0. The van der Waals surface area contributed by atoms with Gasteiger partial charge in [0.25, 0.3) is 0 Å². The first-order valence-corrected chi connectivity index (χ1v) is 7.32. The molecule has 1 heterocycles. The van der Waals surface area contributed by atoms with Gasteiger partial charge in [-0.05, 0) is 0 Å². The second kappa shape index (κ2) is 7.92. The van der Waals surface area contributed by atoms with Gasteiger partial charge in [0.1, 0.15) is 29.8 Å². The molecular formula is C11H20N2O7S. The van der Waals surface area contributed by atoms with Crippen LogP contribution >= 0.6 is 11.8 Å². The third-order valence-electron chi connectivity index (χ3n) is 3.01. The molecular weight excluding hydrogens is 304 g/mol. The molecule has 122 valence electrons. The number of rotatable bonds is 6. The second-order valence-electron chi connectivity index (χ2n) is 4.71. The third kappa shape index (κ3) is 4.80. The number of amides is 1. The number of nitrogens with two attached hydrogens (primary N) is 1. The van der Waals surface area contributed by atoms with Gasteiger partial charge in [-0.15, -0.1) is 11.8 Å². The number of ether oxygens (including phenoxy) is 1. The zero-order chi connectivity index (χ0) is 16.2. The summed E-state index contributed by atoms with van der Waals surface area (Å²) in [6.07, 6.45) is -3.74. The second-order valence-corrected chi connectivity index (χ2v) is 5.84. The van der Waals surface area contributed by atoms with Crippen molar-refractivity contribution in [3.63, 3.8) is 0 Å². The highest BCUT2D eigenvalue weighted by molar-refractivity contribution is 7.99. The fourth-order valence-electron chi connectivity index (χ4n) is 1.88. The van der Waals surface area contributed by atoms with Crippen LogP contribution in [0.1, 0.15) is 6.92 Å². The lowest BCUT2D eigenvalue weighted by molar-refractivity contribution is -0.173. The standard InChI is InChI=1S/C11H20N2O7S/c1-4(15)13-7-9(17)8(16)6(2-14)20-11(7)21-3-5(12)10(18)19/h5-9,11,14,16-17H,2-3,12H2,1H3,(H,13,15)(H,18,19). The van der Waals surface area contributed by atoms with Crippen molar-refractivity contribution in [2.75, 3.05) is 12.4 Å². The van der Waals surface area contributed by atoms with Crippen LogP contribution in [0.2, 0.25) is 0 Å². The van der Waals surface area contributed by atoms with Crippen LogP contribution in [0.5, 0.6) is 0 Å². The van der Waals surface area contributed by atoms with Gasteiger partial charge in [-0.1, -0.05) is 0 Å². The molecule has 1 fully saturated rings. The summed E-state index contributed by atoms with van der Waals surface area (Å²) in [6.45, 7) is 0.717. The Hall–Kier alpha value is -0.910. The minimum atomic E-state index is -1.36. The van der Waals surface area contributed by atoms with E-state index in [0.29, 0.717) is 0 Å². The smallest absolute Gasteiger partial charge is 0.321 e. The summed E-state index contributed by atoms with van der Waals surface area (Å²) >= 11 is 0.984. The number of nitrogens with one attached hydrogen (secondary N) is 1. The molecule has 1 aliphatic rings. The minimum absolute atomic E-state index is 0.0168. The minimum Gasteiger partial charge on any atom is -0.480 e. The molecule has 1 aliphatic heterocycles. The lowest BCUT2D eigenvalue weighted by atomic mass is 9.98. The van der Waals surface area contributed by atoms with Crippen LogP contribution in [0.4, 0.5) is 0 Å². The van der Waals surface area contributed by atoms with E-state index in [2.05, 4.69) is 5.32 Å². The van der Waals surface area contributed by atoms with Crippen molar-refractivity contribution >= 4 is 23.6 Å². The van der Waals surface area contributed by atoms with Crippen molar-refractivity contribution in [1.29, 1.82) is 0 Å². The lowest BCUT2D eigenvalue weighted by Crippen LogP contribution is -2.63. The van der Waals surface area contributed by atoms with Crippen LogP contribution in [0, 0.1) is 0 Å². The van der Waals surface area contributed by atoms with E-state index >= 15 is 0 Å². The molecule has 9 nitrogen and oxygen atoms in total. The summed E-state index contributed by atoms with van der Waals surface area (Å²) in [5.41, 5.74) is 4.55. The number of carboxylic acids is 1. The van der Waals surface area contributed by atoms with Crippen LogP contribution < -0.4 is 11.1 Å². The maximum Gasteiger partial charge on any atom is 0.321 e. The van der Waals surface area contributed by atoms with Crippen molar-refractivity contribution in [2.24, 2.45) is 5.73 Å². The summed E-state index contributed by atoms with van der Waals surface area (Å²) in [5.74, 6) is -1.64. The van der Waals surface area contributed by atoms with E-state index in [9.17, 15) is 19.8 Å². The molecule has 0 saturated carbocycles. The van der Waals surface area contributed by atoms with Gasteiger partial charge in [0.2, 0.25) is 5.91 Å². The van der Waals surface area contributed by atoms with Crippen LogP contribution in [-0.2, 0) is 14.3 Å². The highest BCUT2D eigenvalue weighted by Crippen LogP contribution is 2.28. The molecule has 1 saturated heterocycles. The number of hydrogen-bond acceptors (Lipinski definition) is 8. The maximum atomic E-state index is 11.2. The van der Waals surface area contributed by atoms with E-state index in [4.69, 9.17) is 20.7 Å². The number of carbonyl (C=O) groups is 2. The Morgan fingerprint density at radius 1 is 1.38 bits per heavy atom. The summed E-state index contributed by atoms with van der Waals surface area (Å²) in [6, 6.07) is -2.07. The molecule has 6 unspecified atom stereocenters. The molecule has 21 heavy (non-hydrogen) atoms. The van der Waals surface area contributed by atoms with Gasteiger partial charge < -0.3 is 36.2 Å². The normalized spacial score (nSPS) is 34.2.